The summed E-state index contributed by atoms with van der Waals surface area (Å²) in [4.78, 5) is 0. The summed E-state index contributed by atoms with van der Waals surface area (Å²) < 4.78 is 12.2. The summed E-state index contributed by atoms with van der Waals surface area (Å²) in [7, 11) is 0. The highest BCUT2D eigenvalue weighted by Gasteiger charge is 2.70. The third-order valence-electron chi connectivity index (χ3n) is 5.70. The second kappa shape index (κ2) is 3.31. The van der Waals surface area contributed by atoms with Crippen molar-refractivity contribution in [1.82, 2.24) is 0 Å². The lowest BCUT2D eigenvalue weighted by molar-refractivity contribution is -0.151. The standard InChI is InChI=1S/C15H24O3/c1-12(2,16)11-5-6-13(3)10-18-14(4)7-8-17-15(13,14)9-11/h7-8,11,16H,5-6,9-10H2,1-4H3/t11-,13+,14-,15-/m1/s1. The van der Waals surface area contributed by atoms with Gasteiger partial charge < -0.3 is 14.6 Å². The molecule has 4 atom stereocenters. The molecule has 3 rings (SSSR count). The molecule has 1 aliphatic carbocycles. The number of hydrogen-bond acceptors (Lipinski definition) is 3. The van der Waals surface area contributed by atoms with Gasteiger partial charge in [0.25, 0.3) is 0 Å². The van der Waals surface area contributed by atoms with Crippen molar-refractivity contribution in [2.24, 2.45) is 11.3 Å². The van der Waals surface area contributed by atoms with Gasteiger partial charge in [-0.25, -0.2) is 0 Å². The van der Waals surface area contributed by atoms with E-state index in [0.29, 0.717) is 0 Å². The first-order chi connectivity index (χ1) is 8.23. The molecule has 2 heterocycles. The van der Waals surface area contributed by atoms with E-state index in [1.165, 1.54) is 0 Å². The summed E-state index contributed by atoms with van der Waals surface area (Å²) in [5.74, 6) is 0.270. The van der Waals surface area contributed by atoms with Crippen LogP contribution in [0.5, 0.6) is 0 Å². The molecule has 0 bridgehead atoms. The van der Waals surface area contributed by atoms with Crippen molar-refractivity contribution in [2.45, 2.75) is 63.8 Å². The summed E-state index contributed by atoms with van der Waals surface area (Å²) >= 11 is 0. The summed E-state index contributed by atoms with van der Waals surface area (Å²) in [6, 6.07) is 0. The maximum absolute atomic E-state index is 10.3. The lowest BCUT2D eigenvalue weighted by Gasteiger charge is -2.52. The van der Waals surface area contributed by atoms with E-state index in [1.54, 1.807) is 6.26 Å². The minimum atomic E-state index is -0.647. The van der Waals surface area contributed by atoms with Gasteiger partial charge in [-0.15, -0.1) is 0 Å². The molecular formula is C15H24O3. The van der Waals surface area contributed by atoms with Crippen LogP contribution >= 0.6 is 0 Å². The van der Waals surface area contributed by atoms with Crippen molar-refractivity contribution in [3.63, 3.8) is 0 Å². The SMILES string of the molecule is CC(C)(O)[C@@H]1CC[C@@]2(C)CO[C@]3(C)C=CO[C@]23C1. The highest BCUT2D eigenvalue weighted by atomic mass is 16.6. The molecule has 3 heteroatoms. The van der Waals surface area contributed by atoms with E-state index in [2.05, 4.69) is 13.8 Å². The zero-order chi connectivity index (χ0) is 13.2. The van der Waals surface area contributed by atoms with Crippen LogP contribution < -0.4 is 0 Å². The highest BCUT2D eigenvalue weighted by molar-refractivity contribution is 5.27. The van der Waals surface area contributed by atoms with E-state index in [-0.39, 0.29) is 22.5 Å². The zero-order valence-corrected chi connectivity index (χ0v) is 11.8. The number of hydrogen-bond donors (Lipinski definition) is 1. The van der Waals surface area contributed by atoms with Crippen LogP contribution in [-0.2, 0) is 9.47 Å². The Kier molecular flexibility index (Phi) is 2.30. The molecule has 1 saturated carbocycles. The Morgan fingerprint density at radius 3 is 2.72 bits per heavy atom. The van der Waals surface area contributed by atoms with Crippen molar-refractivity contribution in [3.8, 4) is 0 Å². The molecule has 1 spiro atoms. The third kappa shape index (κ3) is 1.32. The summed E-state index contributed by atoms with van der Waals surface area (Å²) in [5, 5.41) is 10.3. The molecule has 0 unspecified atom stereocenters. The van der Waals surface area contributed by atoms with E-state index in [0.717, 1.165) is 25.9 Å². The van der Waals surface area contributed by atoms with Crippen LogP contribution in [0.4, 0.5) is 0 Å². The van der Waals surface area contributed by atoms with Gasteiger partial charge >= 0.3 is 0 Å². The second-order valence-corrected chi connectivity index (χ2v) is 7.30. The fraction of sp³-hybridized carbons (Fsp3) is 0.867. The molecule has 0 aromatic rings. The normalized spacial score (nSPS) is 50.8. The van der Waals surface area contributed by atoms with E-state index >= 15 is 0 Å². The van der Waals surface area contributed by atoms with Crippen LogP contribution in [0.25, 0.3) is 0 Å². The monoisotopic (exact) mass is 252 g/mol. The Balaban J connectivity index is 1.99. The quantitative estimate of drug-likeness (QED) is 0.779. The minimum absolute atomic E-state index is 0.0625. The van der Waals surface area contributed by atoms with Gasteiger partial charge in [-0.1, -0.05) is 6.92 Å². The van der Waals surface area contributed by atoms with Gasteiger partial charge in [0.05, 0.1) is 18.5 Å². The smallest absolute Gasteiger partial charge is 0.148 e. The predicted octanol–water partition coefficient (Wildman–Crippen LogP) is 2.64. The van der Waals surface area contributed by atoms with Gasteiger partial charge in [0.1, 0.15) is 11.2 Å². The van der Waals surface area contributed by atoms with Crippen molar-refractivity contribution in [3.05, 3.63) is 12.3 Å². The van der Waals surface area contributed by atoms with Gasteiger partial charge in [0, 0.05) is 5.41 Å². The molecule has 1 N–H and O–H groups in total. The second-order valence-electron chi connectivity index (χ2n) is 7.30. The van der Waals surface area contributed by atoms with Crippen molar-refractivity contribution >= 4 is 0 Å². The van der Waals surface area contributed by atoms with E-state index in [4.69, 9.17) is 9.47 Å². The molecule has 2 aliphatic heterocycles. The maximum atomic E-state index is 10.3. The fourth-order valence-electron chi connectivity index (χ4n) is 4.18. The number of ether oxygens (including phenoxy) is 2. The van der Waals surface area contributed by atoms with Crippen LogP contribution in [0.1, 0.15) is 47.0 Å². The molecule has 0 radical (unpaired) electrons. The highest BCUT2D eigenvalue weighted by Crippen LogP contribution is 2.62. The van der Waals surface area contributed by atoms with Crippen LogP contribution in [-0.4, -0.2) is 28.5 Å². The predicted molar refractivity (Wildman–Crippen MR) is 69.1 cm³/mol. The van der Waals surface area contributed by atoms with Crippen LogP contribution in [0.15, 0.2) is 12.3 Å². The van der Waals surface area contributed by atoms with E-state index in [9.17, 15) is 5.11 Å². The summed E-state index contributed by atoms with van der Waals surface area (Å²) in [5.41, 5.74) is -1.20. The Bertz CT molecular complexity index is 397. The topological polar surface area (TPSA) is 38.7 Å². The number of rotatable bonds is 1. The summed E-state index contributed by atoms with van der Waals surface area (Å²) in [6.45, 7) is 8.96. The molecule has 3 nitrogen and oxygen atoms in total. The van der Waals surface area contributed by atoms with Crippen LogP contribution in [0.2, 0.25) is 0 Å². The first-order valence-electron chi connectivity index (χ1n) is 6.94. The molecule has 2 fully saturated rings. The van der Waals surface area contributed by atoms with Gasteiger partial charge in [-0.3, -0.25) is 0 Å². The Hall–Kier alpha value is -0.540. The van der Waals surface area contributed by atoms with Crippen molar-refractivity contribution < 1.29 is 14.6 Å². The fourth-order valence-corrected chi connectivity index (χ4v) is 4.18. The molecule has 1 saturated heterocycles. The molecular weight excluding hydrogens is 228 g/mol. The van der Waals surface area contributed by atoms with Gasteiger partial charge in [0.15, 0.2) is 0 Å². The largest absolute Gasteiger partial charge is 0.491 e. The lowest BCUT2D eigenvalue weighted by Crippen LogP contribution is -2.59. The minimum Gasteiger partial charge on any atom is -0.491 e. The zero-order valence-electron chi connectivity index (χ0n) is 11.8. The van der Waals surface area contributed by atoms with Gasteiger partial charge in [0.2, 0.25) is 0 Å². The Morgan fingerprint density at radius 1 is 1.33 bits per heavy atom. The summed E-state index contributed by atoms with van der Waals surface area (Å²) in [6.07, 6.45) is 6.81. The van der Waals surface area contributed by atoms with Gasteiger partial charge in [-0.05, 0) is 52.0 Å². The van der Waals surface area contributed by atoms with Gasteiger partial charge in [-0.2, -0.15) is 0 Å². The molecule has 0 amide bonds. The molecule has 0 aromatic heterocycles. The van der Waals surface area contributed by atoms with Crippen LogP contribution in [0, 0.1) is 11.3 Å². The number of aliphatic hydroxyl groups is 1. The van der Waals surface area contributed by atoms with E-state index in [1.807, 2.05) is 19.9 Å². The molecule has 3 aliphatic rings. The van der Waals surface area contributed by atoms with Crippen molar-refractivity contribution in [1.29, 1.82) is 0 Å². The Labute approximate surface area is 109 Å². The van der Waals surface area contributed by atoms with Crippen LogP contribution in [0.3, 0.4) is 0 Å². The first kappa shape index (κ1) is 12.5. The molecule has 0 aromatic carbocycles. The molecule has 102 valence electrons. The van der Waals surface area contributed by atoms with E-state index < -0.39 is 5.60 Å². The third-order valence-corrected chi connectivity index (χ3v) is 5.70. The van der Waals surface area contributed by atoms with Crippen molar-refractivity contribution in [2.75, 3.05) is 6.61 Å². The molecule has 18 heavy (non-hydrogen) atoms. The average Bonchev–Trinajstić information content (AvgIpc) is 2.68. The first-order valence-corrected chi connectivity index (χ1v) is 6.94. The lowest BCUT2D eigenvalue weighted by atomic mass is 9.56. The maximum Gasteiger partial charge on any atom is 0.148 e. The Morgan fingerprint density at radius 2 is 2.06 bits per heavy atom. The average molecular weight is 252 g/mol.